The van der Waals surface area contributed by atoms with Crippen molar-refractivity contribution < 1.29 is 18.0 Å². The highest BCUT2D eigenvalue weighted by molar-refractivity contribution is 5.94. The first kappa shape index (κ1) is 19.9. The van der Waals surface area contributed by atoms with Crippen LogP contribution in [0.2, 0.25) is 0 Å². The van der Waals surface area contributed by atoms with Gasteiger partial charge in [0.2, 0.25) is 0 Å². The lowest BCUT2D eigenvalue weighted by molar-refractivity contribution is -0.137. The van der Waals surface area contributed by atoms with Crippen LogP contribution in [0.4, 0.5) is 13.2 Å². The molecule has 2 saturated carbocycles. The van der Waals surface area contributed by atoms with Gasteiger partial charge < -0.3 is 11.1 Å². The van der Waals surface area contributed by atoms with Crippen LogP contribution in [0, 0.1) is 5.92 Å². The van der Waals surface area contributed by atoms with Crippen LogP contribution in [0.1, 0.15) is 72.6 Å². The molecule has 2 aromatic rings. The van der Waals surface area contributed by atoms with Gasteiger partial charge in [0.05, 0.1) is 17.8 Å². The topological polar surface area (TPSA) is 85.8 Å². The van der Waals surface area contributed by atoms with E-state index in [0.717, 1.165) is 57.1 Å². The molecular formula is C20H24F3N5O. The fourth-order valence-corrected chi connectivity index (χ4v) is 3.93. The lowest BCUT2D eigenvalue weighted by atomic mass is 9.82. The standard InChI is InChI=1S/C20H24F3N5O/c21-20(22,23)15-8-6-14(7-9-15)18(29)25-17(13-4-2-1-3-5-13)16-12-28(27-26-16)19(24)10-11-19/h6-9,12-13,17H,1-5,10-11,24H2,(H,25,29)/t17-/m0/s1. The fourth-order valence-electron chi connectivity index (χ4n) is 3.93. The molecular weight excluding hydrogens is 383 g/mol. The second-order valence-corrected chi connectivity index (χ2v) is 8.12. The summed E-state index contributed by atoms with van der Waals surface area (Å²) in [5.74, 6) is -0.210. The molecule has 2 aliphatic carbocycles. The maximum atomic E-state index is 12.8. The van der Waals surface area contributed by atoms with E-state index < -0.39 is 23.3 Å². The van der Waals surface area contributed by atoms with Gasteiger partial charge in [0.15, 0.2) is 0 Å². The third-order valence-electron chi connectivity index (χ3n) is 5.93. The second-order valence-electron chi connectivity index (χ2n) is 8.12. The molecule has 1 heterocycles. The van der Waals surface area contributed by atoms with Crippen LogP contribution in [-0.4, -0.2) is 20.9 Å². The first-order valence-corrected chi connectivity index (χ1v) is 9.96. The normalized spacial score (nSPS) is 20.3. The quantitative estimate of drug-likeness (QED) is 0.790. The van der Waals surface area contributed by atoms with Crippen molar-refractivity contribution in [1.29, 1.82) is 0 Å². The van der Waals surface area contributed by atoms with Crippen LogP contribution >= 0.6 is 0 Å². The van der Waals surface area contributed by atoms with Gasteiger partial charge in [-0.15, -0.1) is 5.10 Å². The Balaban J connectivity index is 1.54. The first-order valence-electron chi connectivity index (χ1n) is 9.96. The molecule has 1 atom stereocenters. The third kappa shape index (κ3) is 4.29. The van der Waals surface area contributed by atoms with Gasteiger partial charge in [0.1, 0.15) is 11.4 Å². The highest BCUT2D eigenvalue weighted by Crippen LogP contribution is 2.39. The molecule has 2 aliphatic rings. The van der Waals surface area contributed by atoms with E-state index in [-0.39, 0.29) is 17.5 Å². The molecule has 3 N–H and O–H groups in total. The number of halogens is 3. The highest BCUT2D eigenvalue weighted by atomic mass is 19.4. The lowest BCUT2D eigenvalue weighted by Gasteiger charge is -2.29. The van der Waals surface area contributed by atoms with Crippen molar-refractivity contribution in [1.82, 2.24) is 20.3 Å². The number of carbonyl (C=O) groups is 1. The van der Waals surface area contributed by atoms with Gasteiger partial charge >= 0.3 is 6.18 Å². The van der Waals surface area contributed by atoms with Crippen molar-refractivity contribution >= 4 is 5.91 Å². The molecule has 0 aliphatic heterocycles. The summed E-state index contributed by atoms with van der Waals surface area (Å²) in [7, 11) is 0. The maximum absolute atomic E-state index is 12.8. The number of hydrogen-bond donors (Lipinski definition) is 2. The number of aromatic nitrogens is 3. The van der Waals surface area contributed by atoms with Gasteiger partial charge in [0, 0.05) is 5.56 Å². The number of nitrogens with zero attached hydrogens (tertiary/aromatic N) is 3. The van der Waals surface area contributed by atoms with E-state index in [0.29, 0.717) is 5.69 Å². The van der Waals surface area contributed by atoms with Crippen LogP contribution < -0.4 is 11.1 Å². The highest BCUT2D eigenvalue weighted by Gasteiger charge is 2.42. The number of rotatable bonds is 5. The Hall–Kier alpha value is -2.42. The molecule has 156 valence electrons. The summed E-state index contributed by atoms with van der Waals surface area (Å²) in [5, 5.41) is 11.4. The Bertz CT molecular complexity index is 867. The van der Waals surface area contributed by atoms with Gasteiger partial charge in [-0.1, -0.05) is 24.5 Å². The van der Waals surface area contributed by atoms with Crippen LogP contribution in [0.3, 0.4) is 0 Å². The molecule has 2 fully saturated rings. The Labute approximate surface area is 166 Å². The van der Waals surface area contributed by atoms with Gasteiger partial charge in [-0.25, -0.2) is 4.68 Å². The number of nitrogens with one attached hydrogen (secondary N) is 1. The van der Waals surface area contributed by atoms with Gasteiger partial charge in [-0.3, -0.25) is 4.79 Å². The Kier molecular flexibility index (Phi) is 5.10. The summed E-state index contributed by atoms with van der Waals surface area (Å²) in [6.07, 6.45) is 4.26. The molecule has 0 unspecified atom stereocenters. The van der Waals surface area contributed by atoms with E-state index in [1.165, 1.54) is 12.1 Å². The molecule has 6 nitrogen and oxygen atoms in total. The molecule has 1 amide bonds. The molecule has 1 aromatic carbocycles. The number of hydrogen-bond acceptors (Lipinski definition) is 4. The van der Waals surface area contributed by atoms with Gasteiger partial charge in [-0.2, -0.15) is 13.2 Å². The Morgan fingerprint density at radius 2 is 1.83 bits per heavy atom. The molecule has 0 bridgehead atoms. The predicted molar refractivity (Wildman–Crippen MR) is 99.6 cm³/mol. The second kappa shape index (κ2) is 7.44. The van der Waals surface area contributed by atoms with Crippen molar-refractivity contribution in [2.75, 3.05) is 0 Å². The molecule has 0 spiro atoms. The summed E-state index contributed by atoms with van der Waals surface area (Å²) in [6, 6.07) is 3.90. The molecule has 1 aromatic heterocycles. The van der Waals surface area contributed by atoms with Crippen molar-refractivity contribution in [2.24, 2.45) is 11.7 Å². The maximum Gasteiger partial charge on any atom is 0.416 e. The molecule has 0 radical (unpaired) electrons. The van der Waals surface area contributed by atoms with E-state index in [2.05, 4.69) is 15.6 Å². The summed E-state index contributed by atoms with van der Waals surface area (Å²) in [6.45, 7) is 0. The van der Waals surface area contributed by atoms with E-state index in [1.54, 1.807) is 10.9 Å². The average Bonchev–Trinajstić information content (AvgIpc) is 3.26. The fraction of sp³-hybridized carbons (Fsp3) is 0.550. The first-order chi connectivity index (χ1) is 13.8. The monoisotopic (exact) mass is 407 g/mol. The minimum atomic E-state index is -4.43. The number of alkyl halides is 3. The minimum absolute atomic E-state index is 0.184. The zero-order valence-electron chi connectivity index (χ0n) is 16.0. The Morgan fingerprint density at radius 3 is 2.41 bits per heavy atom. The van der Waals surface area contributed by atoms with Crippen LogP contribution in [0.25, 0.3) is 0 Å². The number of nitrogens with two attached hydrogens (primary N) is 1. The number of amides is 1. The van der Waals surface area contributed by atoms with Crippen molar-refractivity contribution in [3.05, 3.63) is 47.3 Å². The largest absolute Gasteiger partial charge is 0.416 e. The number of benzene rings is 1. The predicted octanol–water partition coefficient (Wildman–Crippen LogP) is 3.75. The average molecular weight is 407 g/mol. The van der Waals surface area contributed by atoms with Crippen molar-refractivity contribution in [3.63, 3.8) is 0 Å². The third-order valence-corrected chi connectivity index (χ3v) is 5.93. The lowest BCUT2D eigenvalue weighted by Crippen LogP contribution is -2.35. The van der Waals surface area contributed by atoms with Gasteiger partial charge in [0.25, 0.3) is 5.91 Å². The molecule has 29 heavy (non-hydrogen) atoms. The zero-order valence-corrected chi connectivity index (χ0v) is 16.0. The van der Waals surface area contributed by atoms with E-state index in [1.807, 2.05) is 0 Å². The zero-order chi connectivity index (χ0) is 20.6. The Morgan fingerprint density at radius 1 is 1.17 bits per heavy atom. The SMILES string of the molecule is NC1(n2cc([C@@H](NC(=O)c3ccc(C(F)(F)F)cc3)C3CCCCC3)nn2)CC1. The van der Waals surface area contributed by atoms with Crippen LogP contribution in [0.15, 0.2) is 30.5 Å². The van der Waals surface area contributed by atoms with E-state index >= 15 is 0 Å². The van der Waals surface area contributed by atoms with Crippen LogP contribution in [-0.2, 0) is 11.8 Å². The number of carbonyl (C=O) groups excluding carboxylic acids is 1. The minimum Gasteiger partial charge on any atom is -0.343 e. The van der Waals surface area contributed by atoms with Crippen LogP contribution in [0.5, 0.6) is 0 Å². The summed E-state index contributed by atoms with van der Waals surface area (Å²) < 4.78 is 40.0. The van der Waals surface area contributed by atoms with Gasteiger partial charge in [-0.05, 0) is 55.9 Å². The van der Waals surface area contributed by atoms with Crippen molar-refractivity contribution in [3.8, 4) is 0 Å². The van der Waals surface area contributed by atoms with E-state index in [4.69, 9.17) is 5.73 Å². The smallest absolute Gasteiger partial charge is 0.343 e. The molecule has 4 rings (SSSR count). The summed E-state index contributed by atoms with van der Waals surface area (Å²) in [5.41, 5.74) is 5.75. The molecule has 9 heteroatoms. The summed E-state index contributed by atoms with van der Waals surface area (Å²) >= 11 is 0. The van der Waals surface area contributed by atoms with E-state index in [9.17, 15) is 18.0 Å². The van der Waals surface area contributed by atoms with Crippen molar-refractivity contribution in [2.45, 2.75) is 62.8 Å². The summed E-state index contributed by atoms with van der Waals surface area (Å²) in [4.78, 5) is 12.8. The molecule has 0 saturated heterocycles.